The highest BCUT2D eigenvalue weighted by Crippen LogP contribution is 2.43. The number of phosphoric acid groups is 1. The number of likely N-dealkylation sites (N-methyl/N-ethyl adjacent to an activating group) is 1. The van der Waals surface area contributed by atoms with Crippen LogP contribution in [0.3, 0.4) is 0 Å². The number of allylic oxidation sites excluding steroid dienone is 21. The van der Waals surface area contributed by atoms with Gasteiger partial charge >= 0.3 is 7.82 Å². The molecule has 9 heteroatoms. The summed E-state index contributed by atoms with van der Waals surface area (Å²) >= 11 is 0. The van der Waals surface area contributed by atoms with E-state index >= 15 is 0 Å². The van der Waals surface area contributed by atoms with Crippen molar-refractivity contribution in [3.63, 3.8) is 0 Å². The predicted octanol–water partition coefficient (Wildman–Crippen LogP) is 15.2. The van der Waals surface area contributed by atoms with Crippen molar-refractivity contribution < 1.29 is 32.9 Å². The number of hydrogen-bond donors (Lipinski definition) is 3. The van der Waals surface area contributed by atoms with Crippen molar-refractivity contribution in [3.05, 3.63) is 134 Å². The van der Waals surface area contributed by atoms with Crippen LogP contribution < -0.4 is 5.32 Å². The van der Waals surface area contributed by atoms with Crippen LogP contribution in [0, 0.1) is 0 Å². The molecule has 3 atom stereocenters. The van der Waals surface area contributed by atoms with Gasteiger partial charge in [-0.15, -0.1) is 0 Å². The van der Waals surface area contributed by atoms with Crippen LogP contribution in [0.2, 0.25) is 0 Å². The molecule has 0 aromatic carbocycles. The Morgan fingerprint density at radius 1 is 0.530 bits per heavy atom. The minimum absolute atomic E-state index is 0.0372. The van der Waals surface area contributed by atoms with E-state index in [1.807, 2.05) is 27.2 Å². The van der Waals surface area contributed by atoms with Gasteiger partial charge in [-0.05, 0) is 96.3 Å². The van der Waals surface area contributed by atoms with E-state index in [2.05, 4.69) is 141 Å². The monoisotopic (exact) mass is 936 g/mol. The van der Waals surface area contributed by atoms with E-state index in [1.165, 1.54) is 57.8 Å². The SMILES string of the molecule is CC/C=C\C/C=C\C/C=C\C/C=C\C/C=C\C/C=C\C/C=C\C/C=C\C/C=C\CCCC(=O)NC(COP(=O)(O)OCC[N+](C)(C)C)C(O)/C=C/CC/C=C/CCCCCCCCCCC. The zero-order valence-electron chi connectivity index (χ0n) is 42.4. The number of nitrogens with zero attached hydrogens (tertiary/aromatic N) is 1. The maximum absolute atomic E-state index is 12.9. The first-order valence-electron chi connectivity index (χ1n) is 25.6. The van der Waals surface area contributed by atoms with Crippen molar-refractivity contribution >= 4 is 13.7 Å². The van der Waals surface area contributed by atoms with Crippen LogP contribution in [-0.2, 0) is 18.4 Å². The molecule has 0 rings (SSSR count). The maximum atomic E-state index is 12.9. The van der Waals surface area contributed by atoms with E-state index in [1.54, 1.807) is 6.08 Å². The Bertz CT molecular complexity index is 1530. The lowest BCUT2D eigenvalue weighted by Crippen LogP contribution is -2.45. The number of carbonyl (C=O) groups excluding carboxylic acids is 1. The first-order chi connectivity index (χ1) is 32.0. The minimum Gasteiger partial charge on any atom is -0.387 e. The first kappa shape index (κ1) is 62.6. The molecule has 0 aliphatic carbocycles. The molecular formula is C57H96N2O6P+. The van der Waals surface area contributed by atoms with E-state index in [-0.39, 0.29) is 25.5 Å². The average Bonchev–Trinajstić information content (AvgIpc) is 3.28. The summed E-state index contributed by atoms with van der Waals surface area (Å²) in [6.07, 6.45) is 71.2. The summed E-state index contributed by atoms with van der Waals surface area (Å²) in [7, 11) is 1.49. The van der Waals surface area contributed by atoms with Crippen LogP contribution in [-0.4, -0.2) is 73.4 Å². The number of hydrogen-bond acceptors (Lipinski definition) is 5. The number of nitrogens with one attached hydrogen (secondary N) is 1. The highest BCUT2D eigenvalue weighted by atomic mass is 31.2. The molecule has 0 heterocycles. The molecule has 0 saturated carbocycles. The predicted molar refractivity (Wildman–Crippen MR) is 285 cm³/mol. The van der Waals surface area contributed by atoms with Gasteiger partial charge in [-0.2, -0.15) is 0 Å². The van der Waals surface area contributed by atoms with Gasteiger partial charge in [-0.3, -0.25) is 13.8 Å². The Hall–Kier alpha value is -3.36. The summed E-state index contributed by atoms with van der Waals surface area (Å²) < 4.78 is 23.6. The molecule has 0 spiro atoms. The largest absolute Gasteiger partial charge is 0.472 e. The average molecular weight is 936 g/mol. The number of quaternary nitrogens is 1. The van der Waals surface area contributed by atoms with Crippen molar-refractivity contribution in [2.24, 2.45) is 0 Å². The van der Waals surface area contributed by atoms with E-state index in [4.69, 9.17) is 9.05 Å². The summed E-state index contributed by atoms with van der Waals surface area (Å²) in [6, 6.07) is -0.904. The summed E-state index contributed by atoms with van der Waals surface area (Å²) in [5.74, 6) is -0.252. The molecular weight excluding hydrogens is 840 g/mol. The van der Waals surface area contributed by atoms with Crippen molar-refractivity contribution in [1.29, 1.82) is 0 Å². The molecule has 374 valence electrons. The molecule has 0 radical (unpaired) electrons. The summed E-state index contributed by atoms with van der Waals surface area (Å²) in [5, 5.41) is 13.8. The van der Waals surface area contributed by atoms with Crippen LogP contribution in [0.1, 0.15) is 168 Å². The number of aliphatic hydroxyl groups is 1. The number of carbonyl (C=O) groups is 1. The van der Waals surface area contributed by atoms with Gasteiger partial charge in [0.15, 0.2) is 0 Å². The topological polar surface area (TPSA) is 105 Å². The molecule has 0 aliphatic heterocycles. The highest BCUT2D eigenvalue weighted by molar-refractivity contribution is 7.47. The summed E-state index contributed by atoms with van der Waals surface area (Å²) in [4.78, 5) is 23.2. The molecule has 3 N–H and O–H groups in total. The fourth-order valence-corrected chi connectivity index (χ4v) is 7.09. The molecule has 0 aliphatic rings. The van der Waals surface area contributed by atoms with Crippen LogP contribution in [0.5, 0.6) is 0 Å². The second-order valence-corrected chi connectivity index (χ2v) is 19.3. The van der Waals surface area contributed by atoms with E-state index < -0.39 is 20.0 Å². The number of aliphatic hydroxyl groups excluding tert-OH is 1. The second kappa shape index (κ2) is 46.7. The quantitative estimate of drug-likeness (QED) is 0.0243. The zero-order valence-corrected chi connectivity index (χ0v) is 43.3. The molecule has 8 nitrogen and oxygen atoms in total. The van der Waals surface area contributed by atoms with Gasteiger partial charge < -0.3 is 19.8 Å². The number of rotatable bonds is 44. The van der Waals surface area contributed by atoms with Crippen LogP contribution in [0.25, 0.3) is 0 Å². The lowest BCUT2D eigenvalue weighted by molar-refractivity contribution is -0.870. The lowest BCUT2D eigenvalue weighted by atomic mass is 10.1. The molecule has 0 saturated heterocycles. The fraction of sp³-hybridized carbons (Fsp3) is 0.596. The van der Waals surface area contributed by atoms with Gasteiger partial charge in [-0.25, -0.2) is 4.57 Å². The molecule has 0 fully saturated rings. The second-order valence-electron chi connectivity index (χ2n) is 17.8. The van der Waals surface area contributed by atoms with E-state index in [0.29, 0.717) is 17.4 Å². The molecule has 0 aromatic rings. The first-order valence-corrected chi connectivity index (χ1v) is 27.1. The third-order valence-electron chi connectivity index (χ3n) is 10.4. The molecule has 3 unspecified atom stereocenters. The Morgan fingerprint density at radius 2 is 0.924 bits per heavy atom. The summed E-state index contributed by atoms with van der Waals surface area (Å²) in [6.45, 7) is 4.60. The number of phosphoric ester groups is 1. The van der Waals surface area contributed by atoms with Crippen LogP contribution in [0.15, 0.2) is 134 Å². The normalized spacial score (nSPS) is 15.2. The number of unbranched alkanes of at least 4 members (excludes halogenated alkanes) is 11. The minimum atomic E-state index is -4.38. The fourth-order valence-electron chi connectivity index (χ4n) is 6.35. The molecule has 66 heavy (non-hydrogen) atoms. The van der Waals surface area contributed by atoms with Crippen molar-refractivity contribution in [2.45, 2.75) is 180 Å². The summed E-state index contributed by atoms with van der Waals surface area (Å²) in [5.41, 5.74) is 0. The van der Waals surface area contributed by atoms with Crippen molar-refractivity contribution in [2.75, 3.05) is 40.9 Å². The van der Waals surface area contributed by atoms with E-state index in [0.717, 1.165) is 83.5 Å². The highest BCUT2D eigenvalue weighted by Gasteiger charge is 2.27. The van der Waals surface area contributed by atoms with Gasteiger partial charge in [0.25, 0.3) is 0 Å². The standard InChI is InChI=1S/C57H95N2O6P/c1-6-8-10-12-14-16-18-20-22-23-24-25-26-27-28-29-30-31-32-33-34-35-37-39-41-43-45-47-49-51-57(61)58-55(54-65-66(62,63)64-53-52-59(3,4)5)56(60)50-48-46-44-42-40-38-36-21-19-17-15-13-11-9-7-2/h8,10,14,16,20,22,24-25,27-28,30-31,33-34,37,39-40,42-43,45,48,50,55-56,60H,6-7,9,11-13,15,17-19,21,23,26,29,32,35-36,38,41,44,46-47,49,51-54H2,1-5H3,(H-,58,61,62,63)/p+1/b10-8-,16-14-,22-20-,25-24-,28-27-,31-30-,34-33-,39-37-,42-40+,45-43-,50-48+. The smallest absolute Gasteiger partial charge is 0.387 e. The van der Waals surface area contributed by atoms with Crippen LogP contribution in [0.4, 0.5) is 0 Å². The van der Waals surface area contributed by atoms with Gasteiger partial charge in [0.2, 0.25) is 5.91 Å². The third-order valence-corrected chi connectivity index (χ3v) is 11.3. The van der Waals surface area contributed by atoms with Gasteiger partial charge in [0, 0.05) is 6.42 Å². The van der Waals surface area contributed by atoms with Crippen molar-refractivity contribution in [1.82, 2.24) is 5.32 Å². The van der Waals surface area contributed by atoms with E-state index in [9.17, 15) is 19.4 Å². The maximum Gasteiger partial charge on any atom is 0.472 e. The zero-order chi connectivity index (χ0) is 48.5. The van der Waals surface area contributed by atoms with Gasteiger partial charge in [0.1, 0.15) is 13.2 Å². The Morgan fingerprint density at radius 3 is 1.39 bits per heavy atom. The van der Waals surface area contributed by atoms with Gasteiger partial charge in [-0.1, -0.05) is 199 Å². The molecule has 1 amide bonds. The third kappa shape index (κ3) is 48.6. The number of amides is 1. The molecule has 0 bridgehead atoms. The molecule has 0 aromatic heterocycles. The van der Waals surface area contributed by atoms with Crippen molar-refractivity contribution in [3.8, 4) is 0 Å². The Balaban J connectivity index is 4.47. The Labute approximate surface area is 405 Å². The van der Waals surface area contributed by atoms with Crippen LogP contribution >= 0.6 is 7.82 Å². The Kier molecular flexibility index (Phi) is 44.4. The lowest BCUT2D eigenvalue weighted by Gasteiger charge is -2.25. The van der Waals surface area contributed by atoms with Gasteiger partial charge in [0.05, 0.1) is 39.9 Å².